The molecule has 0 saturated carbocycles. The smallest absolute Gasteiger partial charge is 0.00602 e. The zero-order chi connectivity index (χ0) is 4.12. The second-order valence-corrected chi connectivity index (χ2v) is 3.04. The van der Waals surface area contributed by atoms with Crippen molar-refractivity contribution in [3.05, 3.63) is 0 Å². The van der Waals surface area contributed by atoms with E-state index in [0.29, 0.717) is 20.7 Å². The van der Waals surface area contributed by atoms with Crippen LogP contribution in [0.15, 0.2) is 0 Å². The molecule has 0 radical (unpaired) electrons. The average Bonchev–Trinajstić information content (AvgIpc) is 1.41. The summed E-state index contributed by atoms with van der Waals surface area (Å²) in [6.45, 7) is 2.20. The average molecular weight is 184 g/mol. The van der Waals surface area contributed by atoms with E-state index in [0.717, 1.165) is 0 Å². The molecule has 0 rings (SSSR count). The quantitative estimate of drug-likeness (QED) is 0.453. The van der Waals surface area contributed by atoms with Gasteiger partial charge >= 0.3 is 0 Å². The predicted molar refractivity (Wildman–Crippen MR) is 36.3 cm³/mol. The van der Waals surface area contributed by atoms with Crippen LogP contribution in [0.4, 0.5) is 0 Å². The van der Waals surface area contributed by atoms with Crippen molar-refractivity contribution in [3.63, 3.8) is 0 Å². The molecule has 0 amide bonds. The fourth-order valence-corrected chi connectivity index (χ4v) is 0.896. The molecule has 0 aliphatic rings. The lowest BCUT2D eigenvalue weighted by atomic mass is 10.6. The van der Waals surface area contributed by atoms with Gasteiger partial charge in [-0.15, -0.1) is 20.7 Å². The Morgan fingerprint density at radius 1 is 1.80 bits per heavy atom. The van der Waals surface area contributed by atoms with Crippen LogP contribution >= 0.6 is 20.7 Å². The van der Waals surface area contributed by atoms with Crippen LogP contribution in [0.25, 0.3) is 0 Å². The second kappa shape index (κ2) is 4.60. The molecule has 0 aromatic carbocycles. The Balaban J connectivity index is 2.40. The van der Waals surface area contributed by atoms with Gasteiger partial charge in [0.25, 0.3) is 0 Å². The van der Waals surface area contributed by atoms with E-state index in [1.165, 1.54) is 10.8 Å². The molecule has 0 fully saturated rings. The van der Waals surface area contributed by atoms with Gasteiger partial charge in [0.1, 0.15) is 0 Å². The molecular formula is C4H9I. The minimum Gasteiger partial charge on any atom is -0.131 e. The first-order chi connectivity index (χ1) is 2.41. The van der Waals surface area contributed by atoms with E-state index >= 15 is 0 Å². The highest BCUT2D eigenvalue weighted by Gasteiger charge is 1.62. The van der Waals surface area contributed by atoms with E-state index in [1.54, 1.807) is 0 Å². The largest absolute Gasteiger partial charge is 0.131 e. The Kier molecular flexibility index (Phi) is 5.15. The molecule has 0 heterocycles. The summed E-state index contributed by atoms with van der Waals surface area (Å²) >= 11 is 0.357. The van der Waals surface area contributed by atoms with Crippen LogP contribution in [0.1, 0.15) is 13.3 Å². The normalized spacial score (nSPS) is 8.20. The maximum Gasteiger partial charge on any atom is -0.00602 e. The second-order valence-electron chi connectivity index (χ2n) is 0.878. The molecule has 0 aromatic heterocycles. The van der Waals surface area contributed by atoms with Gasteiger partial charge < -0.3 is 0 Å². The van der Waals surface area contributed by atoms with Gasteiger partial charge in [0.15, 0.2) is 0 Å². The summed E-state index contributed by atoms with van der Waals surface area (Å²) in [4.78, 5) is 0. The summed E-state index contributed by atoms with van der Waals surface area (Å²) in [5.41, 5.74) is 0. The zero-order valence-corrected chi connectivity index (χ0v) is 5.66. The third-order valence-corrected chi connectivity index (χ3v) is 2.16. The van der Waals surface area contributed by atoms with Crippen molar-refractivity contribution in [2.75, 3.05) is 4.43 Å². The molecule has 0 saturated heterocycles. The van der Waals surface area contributed by atoms with Crippen LogP contribution in [-0.2, 0) is 0 Å². The number of halogens is 1. The number of alkyl halides is 1. The molecule has 0 aliphatic carbocycles. The van der Waals surface area contributed by atoms with Crippen molar-refractivity contribution in [1.29, 1.82) is 0 Å². The summed E-state index contributed by atoms with van der Waals surface area (Å²) in [7, 11) is 0. The summed E-state index contributed by atoms with van der Waals surface area (Å²) in [5.74, 6) is 0. The highest BCUT2D eigenvalue weighted by atomic mass is 127. The van der Waals surface area contributed by atoms with E-state index in [2.05, 4.69) is 11.4 Å². The Morgan fingerprint density at radius 3 is 2.40 bits per heavy atom. The maximum absolute atomic E-state index is 3.79. The molecule has 5 heavy (non-hydrogen) atoms. The first kappa shape index (κ1) is 5.60. The molecule has 0 unspecified atom stereocenters. The van der Waals surface area contributed by atoms with E-state index < -0.39 is 0 Å². The van der Waals surface area contributed by atoms with Gasteiger partial charge in [-0.2, -0.15) is 0 Å². The molecule has 0 N–H and O–H groups in total. The molecule has 0 bridgehead atoms. The first-order valence-electron chi connectivity index (χ1n) is 1.74. The van der Waals surface area contributed by atoms with Crippen molar-refractivity contribution in [2.24, 2.45) is 0 Å². The fourth-order valence-electron chi connectivity index (χ4n) is 0.134. The van der Waals surface area contributed by atoms with Crippen LogP contribution in [0.2, 0.25) is 0 Å². The van der Waals surface area contributed by atoms with Gasteiger partial charge in [-0.3, -0.25) is 0 Å². The van der Waals surface area contributed by atoms with E-state index in [4.69, 9.17) is 0 Å². The van der Waals surface area contributed by atoms with Gasteiger partial charge in [-0.1, -0.05) is 11.4 Å². The summed E-state index contributed by atoms with van der Waals surface area (Å²) in [6.07, 6.45) is 1.33. The van der Waals surface area contributed by atoms with E-state index in [9.17, 15) is 0 Å². The topological polar surface area (TPSA) is 0 Å². The van der Waals surface area contributed by atoms with E-state index in [-0.39, 0.29) is 0 Å². The summed E-state index contributed by atoms with van der Waals surface area (Å²) in [5, 5.41) is 0. The monoisotopic (exact) mass is 184 g/mol. The lowest BCUT2D eigenvalue weighted by molar-refractivity contribution is 1.13. The SMILES string of the molecule is C=ICCC. The summed E-state index contributed by atoms with van der Waals surface area (Å²) < 4.78 is 5.17. The standard InChI is InChI=1S/C4H9I/c1-3-4-5-2/h2-4H2,1H3. The lowest BCUT2D eigenvalue weighted by Crippen LogP contribution is -1.57. The molecule has 1 heteroatoms. The lowest BCUT2D eigenvalue weighted by Gasteiger charge is -1.72. The van der Waals surface area contributed by atoms with Gasteiger partial charge in [0.2, 0.25) is 0 Å². The van der Waals surface area contributed by atoms with Crippen LogP contribution in [0.5, 0.6) is 0 Å². The zero-order valence-electron chi connectivity index (χ0n) is 3.50. The third-order valence-electron chi connectivity index (χ3n) is 0.323. The van der Waals surface area contributed by atoms with Gasteiger partial charge in [0, 0.05) is 0 Å². The fraction of sp³-hybridized carbons (Fsp3) is 0.750. The Bertz CT molecular complexity index is 24.8. The van der Waals surface area contributed by atoms with Gasteiger partial charge in [0.05, 0.1) is 0 Å². The van der Waals surface area contributed by atoms with E-state index in [1.807, 2.05) is 0 Å². The third kappa shape index (κ3) is 4.60. The minimum atomic E-state index is 0.357. The summed E-state index contributed by atoms with van der Waals surface area (Å²) in [6, 6.07) is 0. The van der Waals surface area contributed by atoms with Crippen molar-refractivity contribution < 1.29 is 0 Å². The molecule has 0 spiro atoms. The Hall–Kier alpha value is 0.600. The van der Waals surface area contributed by atoms with Gasteiger partial charge in [-0.25, -0.2) is 0 Å². The number of hydrogen-bond acceptors (Lipinski definition) is 0. The van der Waals surface area contributed by atoms with Crippen LogP contribution in [0.3, 0.4) is 0 Å². The highest BCUT2D eigenvalue weighted by molar-refractivity contribution is 14.2. The Labute approximate surface area is 43.3 Å². The van der Waals surface area contributed by atoms with Crippen molar-refractivity contribution in [1.82, 2.24) is 0 Å². The maximum atomic E-state index is 3.79. The predicted octanol–water partition coefficient (Wildman–Crippen LogP) is 1.80. The van der Waals surface area contributed by atoms with Crippen LogP contribution in [0, 0.1) is 0 Å². The van der Waals surface area contributed by atoms with Crippen molar-refractivity contribution in [2.45, 2.75) is 13.3 Å². The number of rotatable bonds is 2. The molecule has 32 valence electrons. The van der Waals surface area contributed by atoms with Gasteiger partial charge in [-0.05, 0) is 10.8 Å². The molecule has 0 aliphatic heterocycles. The Morgan fingerprint density at radius 2 is 2.40 bits per heavy atom. The molecule has 0 nitrogen and oxygen atoms in total. The van der Waals surface area contributed by atoms with Crippen molar-refractivity contribution in [3.8, 4) is 0 Å². The number of hydrogen-bond donors (Lipinski definition) is 0. The minimum absolute atomic E-state index is 0.357. The molecular weight excluding hydrogens is 175 g/mol. The van der Waals surface area contributed by atoms with Crippen LogP contribution in [-0.4, -0.2) is 8.94 Å². The van der Waals surface area contributed by atoms with Crippen LogP contribution < -0.4 is 0 Å². The first-order valence-corrected chi connectivity index (χ1v) is 4.79. The highest BCUT2D eigenvalue weighted by Crippen LogP contribution is 1.91. The molecule has 0 aromatic rings. The molecule has 0 atom stereocenters. The van der Waals surface area contributed by atoms with Crippen molar-refractivity contribution >= 4 is 25.2 Å².